The van der Waals surface area contributed by atoms with Gasteiger partial charge in [-0.1, -0.05) is 23.1 Å². The monoisotopic (exact) mass is 337 g/mol. The number of nitrogens with zero attached hydrogens (tertiary/aromatic N) is 4. The number of carbonyl (C=O) groups excluding carboxylic acids is 1. The van der Waals surface area contributed by atoms with E-state index in [0.29, 0.717) is 16.5 Å². The first-order valence-electron chi connectivity index (χ1n) is 5.58. The molecular weight excluding hydrogens is 327 g/mol. The predicted molar refractivity (Wildman–Crippen MR) is 72.2 cm³/mol. The van der Waals surface area contributed by atoms with E-state index in [4.69, 9.17) is 0 Å². The van der Waals surface area contributed by atoms with E-state index in [2.05, 4.69) is 20.5 Å². The molecule has 6 nitrogen and oxygen atoms in total. The summed E-state index contributed by atoms with van der Waals surface area (Å²) in [6, 6.07) is 0. The fourth-order valence-corrected chi connectivity index (χ4v) is 2.94. The Labute approximate surface area is 125 Å². The Morgan fingerprint density at radius 1 is 1.52 bits per heavy atom. The number of rotatable bonds is 4. The van der Waals surface area contributed by atoms with Gasteiger partial charge in [0.2, 0.25) is 5.91 Å². The quantitative estimate of drug-likeness (QED) is 0.867. The van der Waals surface area contributed by atoms with Crippen molar-refractivity contribution in [3.05, 3.63) is 16.9 Å². The first-order valence-corrected chi connectivity index (χ1v) is 7.39. The van der Waals surface area contributed by atoms with E-state index in [1.165, 1.54) is 13.3 Å². The number of hydrogen-bond acceptors (Lipinski definition) is 6. The number of aromatic nitrogens is 4. The lowest BCUT2D eigenvalue weighted by atomic mass is 10.4. The molecule has 1 amide bonds. The number of alkyl halides is 3. The maximum Gasteiger partial charge on any atom is 0.427 e. The van der Waals surface area contributed by atoms with Gasteiger partial charge < -0.3 is 9.88 Å². The van der Waals surface area contributed by atoms with Gasteiger partial charge in [-0.15, -0.1) is 10.2 Å². The summed E-state index contributed by atoms with van der Waals surface area (Å²) in [5.74, 6) is -0.447. The second-order valence-corrected chi connectivity index (χ2v) is 5.93. The molecule has 2 aromatic rings. The molecule has 0 radical (unpaired) electrons. The normalized spacial score (nSPS) is 11.7. The average molecular weight is 337 g/mol. The maximum absolute atomic E-state index is 12.6. The molecule has 0 saturated heterocycles. The van der Waals surface area contributed by atoms with E-state index in [9.17, 15) is 18.0 Å². The molecule has 0 unspecified atom stereocenters. The Morgan fingerprint density at radius 3 is 2.76 bits per heavy atom. The molecule has 114 valence electrons. The van der Waals surface area contributed by atoms with Crippen LogP contribution < -0.4 is 5.32 Å². The minimum Gasteiger partial charge on any atom is -0.312 e. The highest BCUT2D eigenvalue weighted by Crippen LogP contribution is 2.37. The van der Waals surface area contributed by atoms with Crippen molar-refractivity contribution < 1.29 is 18.0 Å². The molecule has 0 atom stereocenters. The van der Waals surface area contributed by atoms with Crippen LogP contribution >= 0.6 is 23.1 Å². The van der Waals surface area contributed by atoms with Crippen molar-refractivity contribution in [2.75, 3.05) is 11.1 Å². The van der Waals surface area contributed by atoms with Crippen LogP contribution in [0.2, 0.25) is 0 Å². The van der Waals surface area contributed by atoms with Crippen LogP contribution in [-0.4, -0.2) is 31.4 Å². The van der Waals surface area contributed by atoms with Gasteiger partial charge >= 0.3 is 6.18 Å². The molecule has 0 bridgehead atoms. The fourth-order valence-electron chi connectivity index (χ4n) is 1.40. The van der Waals surface area contributed by atoms with Gasteiger partial charge in [0.25, 0.3) is 0 Å². The van der Waals surface area contributed by atoms with E-state index < -0.39 is 17.0 Å². The zero-order valence-corrected chi connectivity index (χ0v) is 12.6. The van der Waals surface area contributed by atoms with Crippen molar-refractivity contribution in [1.29, 1.82) is 0 Å². The van der Waals surface area contributed by atoms with E-state index in [1.54, 1.807) is 11.6 Å². The Hall–Kier alpha value is -1.62. The molecule has 21 heavy (non-hydrogen) atoms. The largest absolute Gasteiger partial charge is 0.427 e. The summed E-state index contributed by atoms with van der Waals surface area (Å²) >= 11 is 1.54. The summed E-state index contributed by atoms with van der Waals surface area (Å²) in [5.41, 5.74) is -0.149. The number of amides is 1. The van der Waals surface area contributed by atoms with E-state index >= 15 is 0 Å². The molecule has 11 heteroatoms. The van der Waals surface area contributed by atoms with Crippen molar-refractivity contribution in [1.82, 2.24) is 19.7 Å². The zero-order valence-electron chi connectivity index (χ0n) is 10.9. The van der Waals surface area contributed by atoms with Crippen LogP contribution in [0.15, 0.2) is 11.5 Å². The summed E-state index contributed by atoms with van der Waals surface area (Å²) in [6.07, 6.45) is -2.97. The fraction of sp³-hybridized carbons (Fsp3) is 0.400. The van der Waals surface area contributed by atoms with Crippen LogP contribution in [0.1, 0.15) is 10.6 Å². The zero-order chi connectivity index (χ0) is 15.6. The summed E-state index contributed by atoms with van der Waals surface area (Å²) in [6.45, 7) is 1.25. The lowest BCUT2D eigenvalue weighted by molar-refractivity contribution is -0.134. The van der Waals surface area contributed by atoms with Crippen LogP contribution in [-0.2, 0) is 18.0 Å². The van der Waals surface area contributed by atoms with Crippen molar-refractivity contribution >= 4 is 34.1 Å². The smallest absolute Gasteiger partial charge is 0.312 e. The van der Waals surface area contributed by atoms with Crippen LogP contribution in [0, 0.1) is 6.92 Å². The van der Waals surface area contributed by atoms with E-state index in [1.807, 2.05) is 0 Å². The van der Waals surface area contributed by atoms with Gasteiger partial charge in [0.15, 0.2) is 10.3 Å². The van der Waals surface area contributed by atoms with Crippen LogP contribution in [0.5, 0.6) is 0 Å². The first kappa shape index (κ1) is 15.8. The molecule has 0 saturated carbocycles. The van der Waals surface area contributed by atoms with Gasteiger partial charge in [0.1, 0.15) is 11.2 Å². The lowest BCUT2D eigenvalue weighted by Gasteiger charge is -2.02. The molecule has 0 fully saturated rings. The number of hydrogen-bond donors (Lipinski definition) is 1. The Bertz CT molecular complexity index is 651. The number of thioether (sulfide) groups is 1. The SMILES string of the molecule is Cc1nc(NC(=O)CSc2nncn2C)sc1C(F)(F)F. The van der Waals surface area contributed by atoms with Gasteiger partial charge in [-0.2, -0.15) is 13.2 Å². The van der Waals surface area contributed by atoms with Crippen LogP contribution in [0.25, 0.3) is 0 Å². The molecular formula is C10H10F3N5OS2. The highest BCUT2D eigenvalue weighted by Gasteiger charge is 2.36. The number of halogens is 3. The average Bonchev–Trinajstić information content (AvgIpc) is 2.92. The third-order valence-corrected chi connectivity index (χ3v) is 4.45. The number of carbonyl (C=O) groups is 1. The van der Waals surface area contributed by atoms with Crippen molar-refractivity contribution in [3.8, 4) is 0 Å². The van der Waals surface area contributed by atoms with Gasteiger partial charge in [-0.05, 0) is 6.92 Å². The molecule has 2 aromatic heterocycles. The third-order valence-electron chi connectivity index (χ3n) is 2.30. The molecule has 2 rings (SSSR count). The van der Waals surface area contributed by atoms with Crippen LogP contribution in [0.3, 0.4) is 0 Å². The predicted octanol–water partition coefficient (Wildman–Crippen LogP) is 2.33. The Kier molecular flexibility index (Phi) is 4.52. The minimum atomic E-state index is -4.46. The number of nitrogens with one attached hydrogen (secondary N) is 1. The highest BCUT2D eigenvalue weighted by molar-refractivity contribution is 7.99. The highest BCUT2D eigenvalue weighted by atomic mass is 32.2. The van der Waals surface area contributed by atoms with Crippen molar-refractivity contribution in [3.63, 3.8) is 0 Å². The second-order valence-electron chi connectivity index (χ2n) is 3.99. The number of aryl methyl sites for hydroxylation is 2. The van der Waals surface area contributed by atoms with Crippen molar-refractivity contribution in [2.45, 2.75) is 18.3 Å². The molecule has 2 heterocycles. The summed E-state index contributed by atoms with van der Waals surface area (Å²) in [5, 5.41) is 10.2. The molecule has 0 aliphatic heterocycles. The molecule has 0 spiro atoms. The van der Waals surface area contributed by atoms with E-state index in [-0.39, 0.29) is 16.6 Å². The van der Waals surface area contributed by atoms with Gasteiger partial charge in [0, 0.05) is 7.05 Å². The maximum atomic E-state index is 12.6. The number of thiazole rings is 1. The second kappa shape index (κ2) is 6.02. The van der Waals surface area contributed by atoms with Gasteiger partial charge in [0.05, 0.1) is 11.4 Å². The summed E-state index contributed by atoms with van der Waals surface area (Å²) in [4.78, 5) is 14.6. The topological polar surface area (TPSA) is 72.7 Å². The molecule has 1 N–H and O–H groups in total. The molecule has 0 aliphatic rings. The molecule has 0 aromatic carbocycles. The third kappa shape index (κ3) is 3.94. The van der Waals surface area contributed by atoms with E-state index in [0.717, 1.165) is 11.8 Å². The number of anilines is 1. The van der Waals surface area contributed by atoms with Gasteiger partial charge in [-0.3, -0.25) is 4.79 Å². The lowest BCUT2D eigenvalue weighted by Crippen LogP contribution is -2.14. The first-order chi connectivity index (χ1) is 9.77. The molecule has 0 aliphatic carbocycles. The van der Waals surface area contributed by atoms with Crippen LogP contribution in [0.4, 0.5) is 18.3 Å². The summed E-state index contributed by atoms with van der Waals surface area (Å²) in [7, 11) is 1.72. The Morgan fingerprint density at radius 2 is 2.24 bits per heavy atom. The minimum absolute atomic E-state index is 0.00646. The Balaban J connectivity index is 1.96. The standard InChI is InChI=1S/C10H10F3N5OS2/c1-5-7(10(11,12)13)21-8(15-5)16-6(19)3-20-9-17-14-4-18(9)2/h4H,3H2,1-2H3,(H,15,16,19). The van der Waals surface area contributed by atoms with Crippen molar-refractivity contribution in [2.24, 2.45) is 7.05 Å². The van der Waals surface area contributed by atoms with Gasteiger partial charge in [-0.25, -0.2) is 4.98 Å². The summed E-state index contributed by atoms with van der Waals surface area (Å²) < 4.78 is 39.5.